The Morgan fingerprint density at radius 3 is 2.23 bits per heavy atom. The minimum absolute atomic E-state index is 0.00174. The summed E-state index contributed by atoms with van der Waals surface area (Å²) in [5.74, 6) is -0.843. The smallest absolute Gasteiger partial charge is 0.264 e. The molecule has 10 heteroatoms. The predicted octanol–water partition coefficient (Wildman–Crippen LogP) is 6.22. The van der Waals surface area contributed by atoms with E-state index in [0.717, 1.165) is 22.7 Å². The zero-order valence-electron chi connectivity index (χ0n) is 22.9. The summed E-state index contributed by atoms with van der Waals surface area (Å²) >= 11 is 12.5. The first-order chi connectivity index (χ1) is 19.1. The molecule has 0 saturated carbocycles. The van der Waals surface area contributed by atoms with E-state index in [4.69, 9.17) is 23.2 Å². The monoisotopic (exact) mass is 603 g/mol. The highest BCUT2D eigenvalue weighted by Crippen LogP contribution is 2.27. The van der Waals surface area contributed by atoms with Crippen LogP contribution in [0.25, 0.3) is 0 Å². The van der Waals surface area contributed by atoms with Crippen molar-refractivity contribution in [1.29, 1.82) is 0 Å². The maximum atomic E-state index is 14.0. The maximum Gasteiger partial charge on any atom is 0.264 e. The highest BCUT2D eigenvalue weighted by Gasteiger charge is 2.33. The number of amides is 2. The molecular formula is C30H35Cl2N3O4S. The molecule has 2 amide bonds. The van der Waals surface area contributed by atoms with Crippen LogP contribution in [0.3, 0.4) is 0 Å². The molecule has 0 radical (unpaired) electrons. The molecule has 1 unspecified atom stereocenters. The largest absolute Gasteiger partial charge is 0.354 e. The molecule has 40 heavy (non-hydrogen) atoms. The third-order valence-corrected chi connectivity index (χ3v) is 8.88. The van der Waals surface area contributed by atoms with Crippen molar-refractivity contribution in [3.8, 4) is 0 Å². The number of unbranched alkanes of at least 4 members (excludes halogenated alkanes) is 1. The van der Waals surface area contributed by atoms with Crippen molar-refractivity contribution in [2.75, 3.05) is 17.4 Å². The number of sulfonamides is 1. The highest BCUT2D eigenvalue weighted by atomic mass is 35.5. The Labute approximate surface area is 247 Å². The second kappa shape index (κ2) is 14.5. The zero-order valence-corrected chi connectivity index (χ0v) is 25.3. The maximum absolute atomic E-state index is 14.0. The lowest BCUT2D eigenvalue weighted by Crippen LogP contribution is -2.52. The second-order valence-corrected chi connectivity index (χ2v) is 12.2. The molecule has 3 rings (SSSR count). The van der Waals surface area contributed by atoms with Crippen molar-refractivity contribution >= 4 is 50.7 Å². The normalized spacial score (nSPS) is 12.0. The number of aryl methyl sites for hydroxylation is 1. The van der Waals surface area contributed by atoms with Crippen molar-refractivity contribution in [2.24, 2.45) is 0 Å². The number of hydrogen-bond donors (Lipinski definition) is 1. The zero-order chi connectivity index (χ0) is 29.3. The van der Waals surface area contributed by atoms with Crippen LogP contribution in [0.5, 0.6) is 0 Å². The lowest BCUT2D eigenvalue weighted by molar-refractivity contribution is -0.140. The minimum Gasteiger partial charge on any atom is -0.354 e. The van der Waals surface area contributed by atoms with Crippen LogP contribution in [0.2, 0.25) is 10.0 Å². The molecule has 0 aromatic heterocycles. The Balaban J connectivity index is 2.03. The van der Waals surface area contributed by atoms with Gasteiger partial charge in [0.2, 0.25) is 11.8 Å². The fraction of sp³-hybridized carbons (Fsp3) is 0.333. The standard InChI is InChI=1S/C30H35Cl2N3O4S/c1-4-6-18-33-30(37)28(5-2)34(20-23-14-15-24(31)19-27(23)32)29(36)21-35(25-10-8-7-9-11-25)40(38,39)26-16-12-22(3)13-17-26/h7-17,19,28H,4-6,18,20-21H2,1-3H3,(H,33,37). The van der Waals surface area contributed by atoms with Crippen LogP contribution >= 0.6 is 23.2 Å². The Morgan fingerprint density at radius 2 is 1.62 bits per heavy atom. The van der Waals surface area contributed by atoms with Gasteiger partial charge in [0.05, 0.1) is 10.6 Å². The molecule has 3 aromatic carbocycles. The van der Waals surface area contributed by atoms with Crippen molar-refractivity contribution in [2.45, 2.75) is 57.5 Å². The molecule has 1 N–H and O–H groups in total. The molecule has 0 spiro atoms. The first kappa shape index (κ1) is 31.5. The van der Waals surface area contributed by atoms with Gasteiger partial charge in [0.1, 0.15) is 12.6 Å². The number of hydrogen-bond acceptors (Lipinski definition) is 4. The second-order valence-electron chi connectivity index (χ2n) is 9.49. The topological polar surface area (TPSA) is 86.8 Å². The van der Waals surface area contributed by atoms with E-state index in [1.807, 2.05) is 20.8 Å². The van der Waals surface area contributed by atoms with E-state index < -0.39 is 28.5 Å². The number of rotatable bonds is 13. The third kappa shape index (κ3) is 7.99. The van der Waals surface area contributed by atoms with Crippen molar-refractivity contribution < 1.29 is 18.0 Å². The SMILES string of the molecule is CCCCNC(=O)C(CC)N(Cc1ccc(Cl)cc1Cl)C(=O)CN(c1ccccc1)S(=O)(=O)c1ccc(C)cc1. The minimum atomic E-state index is -4.11. The van der Waals surface area contributed by atoms with Gasteiger partial charge in [-0.3, -0.25) is 13.9 Å². The molecule has 0 heterocycles. The average Bonchev–Trinajstić information content (AvgIpc) is 2.93. The molecule has 1 atom stereocenters. The van der Waals surface area contributed by atoms with Crippen molar-refractivity contribution in [1.82, 2.24) is 10.2 Å². The summed E-state index contributed by atoms with van der Waals surface area (Å²) in [5.41, 5.74) is 1.83. The summed E-state index contributed by atoms with van der Waals surface area (Å²) < 4.78 is 28.8. The van der Waals surface area contributed by atoms with Crippen molar-refractivity contribution in [3.05, 3.63) is 94.0 Å². The molecule has 0 fully saturated rings. The van der Waals surface area contributed by atoms with E-state index >= 15 is 0 Å². The Morgan fingerprint density at radius 1 is 0.950 bits per heavy atom. The van der Waals surface area contributed by atoms with E-state index in [9.17, 15) is 18.0 Å². The van der Waals surface area contributed by atoms with Crippen LogP contribution in [0.15, 0.2) is 77.7 Å². The fourth-order valence-electron chi connectivity index (χ4n) is 4.22. The molecule has 0 aliphatic heterocycles. The van der Waals surface area contributed by atoms with Gasteiger partial charge < -0.3 is 10.2 Å². The Kier molecular flexibility index (Phi) is 11.4. The summed E-state index contributed by atoms with van der Waals surface area (Å²) in [4.78, 5) is 28.7. The van der Waals surface area contributed by atoms with Gasteiger partial charge in [-0.1, -0.05) is 85.4 Å². The van der Waals surface area contributed by atoms with Gasteiger partial charge in [-0.15, -0.1) is 0 Å². The molecule has 0 aliphatic rings. The van der Waals surface area contributed by atoms with Gasteiger partial charge >= 0.3 is 0 Å². The van der Waals surface area contributed by atoms with Gasteiger partial charge in [-0.25, -0.2) is 8.42 Å². The summed E-state index contributed by atoms with van der Waals surface area (Å²) in [7, 11) is -4.11. The number of nitrogens with one attached hydrogen (secondary N) is 1. The number of carbonyl (C=O) groups is 2. The van der Waals surface area contributed by atoms with Crippen molar-refractivity contribution in [3.63, 3.8) is 0 Å². The number of para-hydroxylation sites is 1. The first-order valence-electron chi connectivity index (χ1n) is 13.2. The Bertz CT molecular complexity index is 1400. The quantitative estimate of drug-likeness (QED) is 0.235. The predicted molar refractivity (Wildman–Crippen MR) is 161 cm³/mol. The van der Waals surface area contributed by atoms with Gasteiger partial charge in [-0.05, 0) is 61.7 Å². The first-order valence-corrected chi connectivity index (χ1v) is 15.4. The molecule has 0 saturated heterocycles. The molecular weight excluding hydrogens is 569 g/mol. The number of carbonyl (C=O) groups excluding carboxylic acids is 2. The lowest BCUT2D eigenvalue weighted by atomic mass is 10.1. The van der Waals surface area contributed by atoms with E-state index in [2.05, 4.69) is 5.32 Å². The summed E-state index contributed by atoms with van der Waals surface area (Å²) in [5, 5.41) is 3.69. The average molecular weight is 605 g/mol. The molecule has 214 valence electrons. The van der Waals surface area contributed by atoms with Crippen LogP contribution in [0.1, 0.15) is 44.2 Å². The van der Waals surface area contributed by atoms with Gasteiger partial charge in [0, 0.05) is 23.1 Å². The van der Waals surface area contributed by atoms with Gasteiger partial charge in [-0.2, -0.15) is 0 Å². The molecule has 0 bridgehead atoms. The van der Waals surface area contributed by atoms with Crippen LogP contribution < -0.4 is 9.62 Å². The summed E-state index contributed by atoms with van der Waals surface area (Å²) in [6, 6.07) is 19.0. The molecule has 0 aliphatic carbocycles. The highest BCUT2D eigenvalue weighted by molar-refractivity contribution is 7.92. The number of nitrogens with zero attached hydrogens (tertiary/aromatic N) is 2. The van der Waals surface area contributed by atoms with E-state index in [1.54, 1.807) is 60.7 Å². The third-order valence-electron chi connectivity index (χ3n) is 6.50. The molecule has 3 aromatic rings. The Hall–Kier alpha value is -3.07. The number of anilines is 1. The van der Waals surface area contributed by atoms with E-state index in [-0.39, 0.29) is 17.3 Å². The fourth-order valence-corrected chi connectivity index (χ4v) is 6.10. The van der Waals surface area contributed by atoms with Crippen LogP contribution in [0, 0.1) is 6.92 Å². The van der Waals surface area contributed by atoms with Crippen LogP contribution in [0.4, 0.5) is 5.69 Å². The van der Waals surface area contributed by atoms with E-state index in [0.29, 0.717) is 34.3 Å². The summed E-state index contributed by atoms with van der Waals surface area (Å²) in [6.07, 6.45) is 2.03. The van der Waals surface area contributed by atoms with Crippen LogP contribution in [-0.4, -0.2) is 44.3 Å². The lowest BCUT2D eigenvalue weighted by Gasteiger charge is -2.33. The number of benzene rings is 3. The number of halogens is 2. The summed E-state index contributed by atoms with van der Waals surface area (Å²) in [6.45, 7) is 5.67. The van der Waals surface area contributed by atoms with Crippen LogP contribution in [-0.2, 0) is 26.2 Å². The van der Waals surface area contributed by atoms with Gasteiger partial charge in [0.15, 0.2) is 0 Å². The van der Waals surface area contributed by atoms with E-state index in [1.165, 1.54) is 17.0 Å². The molecule has 7 nitrogen and oxygen atoms in total. The van der Waals surface area contributed by atoms with Gasteiger partial charge in [0.25, 0.3) is 10.0 Å².